The van der Waals surface area contributed by atoms with Crippen LogP contribution in [-0.4, -0.2) is 23.7 Å². The van der Waals surface area contributed by atoms with E-state index >= 15 is 0 Å². The van der Waals surface area contributed by atoms with Gasteiger partial charge in [-0.1, -0.05) is 12.5 Å². The number of aryl methyl sites for hydroxylation is 1. The maximum absolute atomic E-state index is 13.1. The quantitative estimate of drug-likeness (QED) is 0.881. The van der Waals surface area contributed by atoms with Gasteiger partial charge in [0.2, 0.25) is 0 Å². The Bertz CT molecular complexity index is 461. The SMILES string of the molecule is Cc1ccc(F)cc1C(=O)NCC1CCCC(O)C1. The second-order valence-corrected chi connectivity index (χ2v) is 5.36. The van der Waals surface area contributed by atoms with E-state index in [0.717, 1.165) is 31.2 Å². The molecular formula is C15H20FNO2. The van der Waals surface area contributed by atoms with Gasteiger partial charge in [-0.05, 0) is 49.8 Å². The number of halogens is 1. The minimum absolute atomic E-state index is 0.239. The lowest BCUT2D eigenvalue weighted by Gasteiger charge is -2.26. The number of carbonyl (C=O) groups excluding carboxylic acids is 1. The molecule has 1 amide bonds. The summed E-state index contributed by atoms with van der Waals surface area (Å²) in [4.78, 5) is 12.0. The Morgan fingerprint density at radius 3 is 3.00 bits per heavy atom. The van der Waals surface area contributed by atoms with Crippen LogP contribution in [0.25, 0.3) is 0 Å². The first-order valence-corrected chi connectivity index (χ1v) is 6.78. The van der Waals surface area contributed by atoms with Gasteiger partial charge in [-0.15, -0.1) is 0 Å². The average Bonchev–Trinajstić information content (AvgIpc) is 2.39. The molecule has 0 radical (unpaired) electrons. The monoisotopic (exact) mass is 265 g/mol. The molecule has 0 spiro atoms. The van der Waals surface area contributed by atoms with E-state index < -0.39 is 5.82 Å². The van der Waals surface area contributed by atoms with E-state index in [0.29, 0.717) is 18.0 Å². The Morgan fingerprint density at radius 1 is 1.47 bits per heavy atom. The topological polar surface area (TPSA) is 49.3 Å². The molecule has 1 fully saturated rings. The molecule has 0 heterocycles. The second kappa shape index (κ2) is 6.15. The fraction of sp³-hybridized carbons (Fsp3) is 0.533. The van der Waals surface area contributed by atoms with E-state index in [-0.39, 0.29) is 12.0 Å². The van der Waals surface area contributed by atoms with E-state index in [2.05, 4.69) is 5.32 Å². The van der Waals surface area contributed by atoms with Crippen molar-refractivity contribution in [2.75, 3.05) is 6.54 Å². The van der Waals surface area contributed by atoms with Crippen LogP contribution in [0.2, 0.25) is 0 Å². The first kappa shape index (κ1) is 14.0. The zero-order chi connectivity index (χ0) is 13.8. The van der Waals surface area contributed by atoms with Gasteiger partial charge < -0.3 is 10.4 Å². The number of hydrogen-bond donors (Lipinski definition) is 2. The van der Waals surface area contributed by atoms with Crippen molar-refractivity contribution in [1.29, 1.82) is 0 Å². The predicted molar refractivity (Wildman–Crippen MR) is 71.4 cm³/mol. The Hall–Kier alpha value is -1.42. The number of amides is 1. The molecule has 4 heteroatoms. The number of carbonyl (C=O) groups is 1. The highest BCUT2D eigenvalue weighted by Crippen LogP contribution is 2.23. The van der Waals surface area contributed by atoms with Gasteiger partial charge in [-0.3, -0.25) is 4.79 Å². The fourth-order valence-corrected chi connectivity index (χ4v) is 2.62. The number of aliphatic hydroxyl groups excluding tert-OH is 1. The van der Waals surface area contributed by atoms with Gasteiger partial charge in [0.05, 0.1) is 6.10 Å². The van der Waals surface area contributed by atoms with Crippen LogP contribution >= 0.6 is 0 Å². The molecule has 2 N–H and O–H groups in total. The highest BCUT2D eigenvalue weighted by atomic mass is 19.1. The van der Waals surface area contributed by atoms with Crippen LogP contribution in [0.4, 0.5) is 4.39 Å². The lowest BCUT2D eigenvalue weighted by Crippen LogP contribution is -2.33. The summed E-state index contributed by atoms with van der Waals surface area (Å²) in [6.07, 6.45) is 3.38. The predicted octanol–water partition coefficient (Wildman–Crippen LogP) is 2.42. The maximum Gasteiger partial charge on any atom is 0.251 e. The Morgan fingerprint density at radius 2 is 2.26 bits per heavy atom. The van der Waals surface area contributed by atoms with Crippen molar-refractivity contribution in [3.8, 4) is 0 Å². The molecule has 3 nitrogen and oxygen atoms in total. The molecule has 1 aromatic carbocycles. The fourth-order valence-electron chi connectivity index (χ4n) is 2.62. The van der Waals surface area contributed by atoms with E-state index in [4.69, 9.17) is 0 Å². The summed E-state index contributed by atoms with van der Waals surface area (Å²) in [5.74, 6) is -0.317. The minimum Gasteiger partial charge on any atom is -0.393 e. The molecule has 0 aromatic heterocycles. The standard InChI is InChI=1S/C15H20FNO2/c1-10-5-6-12(16)8-14(10)15(19)17-9-11-3-2-4-13(18)7-11/h5-6,8,11,13,18H,2-4,7,9H2,1H3,(H,17,19). The summed E-state index contributed by atoms with van der Waals surface area (Å²) in [6, 6.07) is 4.22. The van der Waals surface area contributed by atoms with Crippen molar-refractivity contribution in [1.82, 2.24) is 5.32 Å². The lowest BCUT2D eigenvalue weighted by molar-refractivity contribution is 0.0873. The van der Waals surface area contributed by atoms with Crippen LogP contribution in [0, 0.1) is 18.7 Å². The van der Waals surface area contributed by atoms with E-state index in [1.54, 1.807) is 13.0 Å². The summed E-state index contributed by atoms with van der Waals surface area (Å²) in [7, 11) is 0. The zero-order valence-corrected chi connectivity index (χ0v) is 11.2. The van der Waals surface area contributed by atoms with Gasteiger partial charge in [0.1, 0.15) is 5.82 Å². The van der Waals surface area contributed by atoms with Crippen molar-refractivity contribution in [2.24, 2.45) is 5.92 Å². The zero-order valence-electron chi connectivity index (χ0n) is 11.2. The van der Waals surface area contributed by atoms with Crippen molar-refractivity contribution in [2.45, 2.75) is 38.7 Å². The van der Waals surface area contributed by atoms with Crippen LogP contribution in [0.5, 0.6) is 0 Å². The van der Waals surface area contributed by atoms with Crippen molar-refractivity contribution in [3.63, 3.8) is 0 Å². The molecule has 0 bridgehead atoms. The number of hydrogen-bond acceptors (Lipinski definition) is 2. The lowest BCUT2D eigenvalue weighted by atomic mass is 9.87. The van der Waals surface area contributed by atoms with E-state index in [1.165, 1.54) is 12.1 Å². The number of benzene rings is 1. The Kier molecular flexibility index (Phi) is 4.53. The molecule has 1 aromatic rings. The third-order valence-electron chi connectivity index (χ3n) is 3.75. The summed E-state index contributed by atoms with van der Waals surface area (Å²) in [6.45, 7) is 2.34. The van der Waals surface area contributed by atoms with Crippen molar-refractivity contribution in [3.05, 3.63) is 35.1 Å². The smallest absolute Gasteiger partial charge is 0.251 e. The van der Waals surface area contributed by atoms with Gasteiger partial charge in [0.25, 0.3) is 5.91 Å². The van der Waals surface area contributed by atoms with Crippen LogP contribution < -0.4 is 5.32 Å². The number of nitrogens with one attached hydrogen (secondary N) is 1. The summed E-state index contributed by atoms with van der Waals surface area (Å²) >= 11 is 0. The Balaban J connectivity index is 1.92. The summed E-state index contributed by atoms with van der Waals surface area (Å²) in [5, 5.41) is 12.4. The minimum atomic E-state index is -0.399. The van der Waals surface area contributed by atoms with Crippen molar-refractivity contribution >= 4 is 5.91 Å². The van der Waals surface area contributed by atoms with Crippen LogP contribution in [-0.2, 0) is 0 Å². The average molecular weight is 265 g/mol. The van der Waals surface area contributed by atoms with E-state index in [1.807, 2.05) is 0 Å². The second-order valence-electron chi connectivity index (χ2n) is 5.36. The van der Waals surface area contributed by atoms with Crippen LogP contribution in [0.1, 0.15) is 41.6 Å². The van der Waals surface area contributed by atoms with Gasteiger partial charge in [0, 0.05) is 12.1 Å². The molecule has 1 saturated carbocycles. The van der Waals surface area contributed by atoms with Gasteiger partial charge in [-0.2, -0.15) is 0 Å². The summed E-state index contributed by atoms with van der Waals surface area (Å²) < 4.78 is 13.1. The molecule has 0 saturated heterocycles. The molecule has 104 valence electrons. The molecule has 1 aliphatic rings. The highest BCUT2D eigenvalue weighted by molar-refractivity contribution is 5.95. The van der Waals surface area contributed by atoms with Gasteiger partial charge >= 0.3 is 0 Å². The summed E-state index contributed by atoms with van der Waals surface area (Å²) in [5.41, 5.74) is 1.15. The molecule has 2 atom stereocenters. The first-order valence-electron chi connectivity index (χ1n) is 6.78. The highest BCUT2D eigenvalue weighted by Gasteiger charge is 2.21. The molecule has 0 aliphatic heterocycles. The third kappa shape index (κ3) is 3.77. The van der Waals surface area contributed by atoms with Crippen molar-refractivity contribution < 1.29 is 14.3 Å². The van der Waals surface area contributed by atoms with E-state index in [9.17, 15) is 14.3 Å². The third-order valence-corrected chi connectivity index (χ3v) is 3.75. The van der Waals surface area contributed by atoms with Gasteiger partial charge in [0.15, 0.2) is 0 Å². The number of rotatable bonds is 3. The van der Waals surface area contributed by atoms with Crippen LogP contribution in [0.15, 0.2) is 18.2 Å². The normalized spacial score (nSPS) is 23.1. The first-order chi connectivity index (χ1) is 9.06. The molecule has 1 aliphatic carbocycles. The molecule has 19 heavy (non-hydrogen) atoms. The number of aliphatic hydroxyl groups is 1. The Labute approximate surface area is 112 Å². The molecule has 2 unspecified atom stereocenters. The largest absolute Gasteiger partial charge is 0.393 e. The molecule has 2 rings (SSSR count). The maximum atomic E-state index is 13.1. The molecular weight excluding hydrogens is 245 g/mol. The van der Waals surface area contributed by atoms with Crippen LogP contribution in [0.3, 0.4) is 0 Å². The van der Waals surface area contributed by atoms with Gasteiger partial charge in [-0.25, -0.2) is 4.39 Å².